The van der Waals surface area contributed by atoms with Gasteiger partial charge in [0.15, 0.2) is 0 Å². The minimum absolute atomic E-state index is 0.0584. The highest BCUT2D eigenvalue weighted by molar-refractivity contribution is 6.11. The van der Waals surface area contributed by atoms with E-state index in [1.54, 1.807) is 11.9 Å². The molecule has 2 aromatic rings. The molecule has 1 atom stereocenters. The number of carbonyl (C=O) groups is 2. The van der Waals surface area contributed by atoms with E-state index in [1.807, 2.05) is 60.7 Å². The molecule has 2 aromatic carbocycles. The van der Waals surface area contributed by atoms with E-state index in [2.05, 4.69) is 5.32 Å². The van der Waals surface area contributed by atoms with Crippen molar-refractivity contribution >= 4 is 17.6 Å². The van der Waals surface area contributed by atoms with Crippen LogP contribution in [-0.4, -0.2) is 30.4 Å². The van der Waals surface area contributed by atoms with Crippen LogP contribution in [-0.2, 0) is 4.79 Å². The first kappa shape index (κ1) is 14.5. The fourth-order valence-electron chi connectivity index (χ4n) is 3.28. The molecule has 1 N–H and O–H groups in total. The van der Waals surface area contributed by atoms with Gasteiger partial charge in [0, 0.05) is 12.7 Å². The molecule has 2 aliphatic rings. The van der Waals surface area contributed by atoms with Gasteiger partial charge in [-0.2, -0.15) is 0 Å². The van der Waals surface area contributed by atoms with Gasteiger partial charge < -0.3 is 10.2 Å². The van der Waals surface area contributed by atoms with Crippen LogP contribution in [0.5, 0.6) is 0 Å². The molecule has 0 bridgehead atoms. The first-order valence-corrected chi connectivity index (χ1v) is 7.86. The summed E-state index contributed by atoms with van der Waals surface area (Å²) in [6, 6.07) is 18.5. The molecule has 0 fully saturated rings. The lowest BCUT2D eigenvalue weighted by molar-refractivity contribution is -0.114. The van der Waals surface area contributed by atoms with Crippen molar-refractivity contribution < 1.29 is 9.59 Å². The number of amides is 3. The number of nitrogens with zero attached hydrogens (tertiary/aromatic N) is 2. The van der Waals surface area contributed by atoms with Crippen molar-refractivity contribution in [1.82, 2.24) is 10.2 Å². The predicted molar refractivity (Wildman–Crippen MR) is 91.3 cm³/mol. The zero-order chi connectivity index (χ0) is 16.7. The van der Waals surface area contributed by atoms with Crippen molar-refractivity contribution in [2.24, 2.45) is 0 Å². The van der Waals surface area contributed by atoms with Gasteiger partial charge in [-0.1, -0.05) is 48.5 Å². The largest absolute Gasteiger partial charge is 0.327 e. The summed E-state index contributed by atoms with van der Waals surface area (Å²) in [5, 5.41) is 2.94. The number of rotatable bonds is 2. The number of hydrogen-bond acceptors (Lipinski definition) is 2. The second-order valence-electron chi connectivity index (χ2n) is 5.94. The molecule has 3 amide bonds. The molecule has 4 rings (SSSR count). The Bertz CT molecular complexity index is 830. The Morgan fingerprint density at radius 2 is 1.58 bits per heavy atom. The Morgan fingerprint density at radius 3 is 2.25 bits per heavy atom. The van der Waals surface area contributed by atoms with E-state index in [-0.39, 0.29) is 11.9 Å². The first-order chi connectivity index (χ1) is 11.7. The number of hydrogen-bond donors (Lipinski definition) is 1. The second kappa shape index (κ2) is 5.53. The van der Waals surface area contributed by atoms with Crippen molar-refractivity contribution in [3.8, 4) is 0 Å². The standard InChI is InChI=1S/C19H17N3O2/c1-21-15-12-22(14-10-6-3-7-11-14)18(23)16(15)17(20-19(21)24)13-8-4-2-5-9-13/h2-11,17H,12H2,1H3,(H,20,24)/t17-/m1/s1. The zero-order valence-corrected chi connectivity index (χ0v) is 13.3. The third kappa shape index (κ3) is 2.17. The fraction of sp³-hybridized carbons (Fsp3) is 0.158. The monoisotopic (exact) mass is 319 g/mol. The SMILES string of the molecule is CN1C(=O)N[C@H](c2ccccc2)C2=C1CN(c1ccccc1)C2=O. The van der Waals surface area contributed by atoms with Gasteiger partial charge in [-0.15, -0.1) is 0 Å². The number of urea groups is 1. The molecular weight excluding hydrogens is 302 g/mol. The Balaban J connectivity index is 1.78. The van der Waals surface area contributed by atoms with E-state index in [1.165, 1.54) is 4.90 Å². The van der Waals surface area contributed by atoms with E-state index >= 15 is 0 Å². The summed E-state index contributed by atoms with van der Waals surface area (Å²) in [6.45, 7) is 0.408. The summed E-state index contributed by atoms with van der Waals surface area (Å²) in [6.07, 6.45) is 0. The van der Waals surface area contributed by atoms with Crippen molar-refractivity contribution in [1.29, 1.82) is 0 Å². The number of nitrogens with one attached hydrogen (secondary N) is 1. The fourth-order valence-corrected chi connectivity index (χ4v) is 3.28. The molecule has 0 saturated heterocycles. The van der Waals surface area contributed by atoms with Gasteiger partial charge in [-0.05, 0) is 17.7 Å². The third-order valence-corrected chi connectivity index (χ3v) is 4.56. The summed E-state index contributed by atoms with van der Waals surface area (Å²) in [7, 11) is 1.70. The molecule has 0 radical (unpaired) electrons. The normalized spacial score (nSPS) is 20.3. The van der Waals surface area contributed by atoms with Gasteiger partial charge in [-0.3, -0.25) is 9.69 Å². The van der Waals surface area contributed by atoms with E-state index in [0.717, 1.165) is 16.9 Å². The van der Waals surface area contributed by atoms with Crippen LogP contribution in [0.15, 0.2) is 71.9 Å². The number of anilines is 1. The summed E-state index contributed by atoms with van der Waals surface area (Å²) >= 11 is 0. The molecule has 0 aromatic heterocycles. The van der Waals surface area contributed by atoms with Crippen LogP contribution >= 0.6 is 0 Å². The lowest BCUT2D eigenvalue weighted by Gasteiger charge is -2.31. The van der Waals surface area contributed by atoms with Crippen LogP contribution in [0.4, 0.5) is 10.5 Å². The zero-order valence-electron chi connectivity index (χ0n) is 13.3. The molecule has 2 aliphatic heterocycles. The number of benzene rings is 2. The van der Waals surface area contributed by atoms with Crippen LogP contribution in [0.2, 0.25) is 0 Å². The van der Waals surface area contributed by atoms with Crippen LogP contribution in [0.1, 0.15) is 11.6 Å². The lowest BCUT2D eigenvalue weighted by Crippen LogP contribution is -2.45. The average molecular weight is 319 g/mol. The molecule has 0 saturated carbocycles. The van der Waals surface area contributed by atoms with Gasteiger partial charge in [0.2, 0.25) is 0 Å². The number of para-hydroxylation sites is 1. The van der Waals surface area contributed by atoms with Gasteiger partial charge in [-0.25, -0.2) is 4.79 Å². The van der Waals surface area contributed by atoms with Crippen LogP contribution < -0.4 is 10.2 Å². The number of likely N-dealkylation sites (N-methyl/N-ethyl adjacent to an activating group) is 1. The smallest absolute Gasteiger partial charge is 0.322 e. The highest BCUT2D eigenvalue weighted by atomic mass is 16.2. The Kier molecular flexibility index (Phi) is 3.34. The minimum Gasteiger partial charge on any atom is -0.327 e. The molecule has 0 spiro atoms. The molecule has 5 nitrogen and oxygen atoms in total. The maximum absolute atomic E-state index is 13.1. The van der Waals surface area contributed by atoms with Crippen molar-refractivity contribution in [3.63, 3.8) is 0 Å². The Labute approximate surface area is 140 Å². The number of carbonyl (C=O) groups excluding carboxylic acids is 2. The van der Waals surface area contributed by atoms with Gasteiger partial charge in [0.1, 0.15) is 0 Å². The Hall–Kier alpha value is -3.08. The maximum Gasteiger partial charge on any atom is 0.322 e. The van der Waals surface area contributed by atoms with E-state index in [0.29, 0.717) is 12.1 Å². The molecule has 120 valence electrons. The third-order valence-electron chi connectivity index (χ3n) is 4.56. The maximum atomic E-state index is 13.1. The molecule has 24 heavy (non-hydrogen) atoms. The topological polar surface area (TPSA) is 52.7 Å². The Morgan fingerprint density at radius 1 is 0.958 bits per heavy atom. The predicted octanol–water partition coefficient (Wildman–Crippen LogP) is 2.68. The summed E-state index contributed by atoms with van der Waals surface area (Å²) in [4.78, 5) is 28.6. The van der Waals surface area contributed by atoms with Crippen LogP contribution in [0.25, 0.3) is 0 Å². The van der Waals surface area contributed by atoms with Crippen LogP contribution in [0.3, 0.4) is 0 Å². The van der Waals surface area contributed by atoms with Gasteiger partial charge in [0.25, 0.3) is 5.91 Å². The van der Waals surface area contributed by atoms with E-state index in [9.17, 15) is 9.59 Å². The quantitative estimate of drug-likeness (QED) is 0.925. The van der Waals surface area contributed by atoms with E-state index in [4.69, 9.17) is 0 Å². The minimum atomic E-state index is -0.411. The van der Waals surface area contributed by atoms with Crippen molar-refractivity contribution in [2.45, 2.75) is 6.04 Å². The van der Waals surface area contributed by atoms with E-state index < -0.39 is 6.04 Å². The first-order valence-electron chi connectivity index (χ1n) is 7.86. The molecular formula is C19H17N3O2. The average Bonchev–Trinajstić information content (AvgIpc) is 2.97. The van der Waals surface area contributed by atoms with Crippen molar-refractivity contribution in [2.75, 3.05) is 18.5 Å². The summed E-state index contributed by atoms with van der Waals surface area (Å²) < 4.78 is 0. The molecule has 0 aliphatic carbocycles. The van der Waals surface area contributed by atoms with Gasteiger partial charge >= 0.3 is 6.03 Å². The lowest BCUT2D eigenvalue weighted by atomic mass is 9.96. The highest BCUT2D eigenvalue weighted by Gasteiger charge is 2.43. The van der Waals surface area contributed by atoms with Crippen molar-refractivity contribution in [3.05, 3.63) is 77.5 Å². The highest BCUT2D eigenvalue weighted by Crippen LogP contribution is 2.37. The second-order valence-corrected chi connectivity index (χ2v) is 5.94. The van der Waals surface area contributed by atoms with Gasteiger partial charge in [0.05, 0.1) is 23.9 Å². The summed E-state index contributed by atoms with van der Waals surface area (Å²) in [5.41, 5.74) is 3.16. The molecule has 2 heterocycles. The van der Waals surface area contributed by atoms with Crippen LogP contribution in [0, 0.1) is 0 Å². The molecule has 0 unspecified atom stereocenters. The molecule has 5 heteroatoms. The summed E-state index contributed by atoms with van der Waals surface area (Å²) in [5.74, 6) is -0.0584.